The van der Waals surface area contributed by atoms with Crippen molar-refractivity contribution in [1.29, 1.82) is 0 Å². The molecule has 2 amide bonds. The van der Waals surface area contributed by atoms with E-state index in [4.69, 9.17) is 9.84 Å². The highest BCUT2D eigenvalue weighted by atomic mass is 16.5. The average molecular weight is 298 g/mol. The van der Waals surface area contributed by atoms with E-state index >= 15 is 0 Å². The molecular weight excluding hydrogens is 272 g/mol. The third-order valence-corrected chi connectivity index (χ3v) is 5.33. The Bertz CT molecular complexity index is 418. The lowest BCUT2D eigenvalue weighted by atomic mass is 9.64. The SMILES string of the molecule is COC1CC(NC(=O)NCC2(CC(=O)O)CCC2)C1(C)C. The Morgan fingerprint density at radius 1 is 1.33 bits per heavy atom. The highest BCUT2D eigenvalue weighted by Gasteiger charge is 2.49. The van der Waals surface area contributed by atoms with Crippen LogP contribution in [0.25, 0.3) is 0 Å². The molecule has 2 rings (SSSR count). The van der Waals surface area contributed by atoms with Gasteiger partial charge in [-0.3, -0.25) is 4.79 Å². The lowest BCUT2D eigenvalue weighted by molar-refractivity contribution is -0.141. The van der Waals surface area contributed by atoms with Gasteiger partial charge in [0.2, 0.25) is 0 Å². The number of carbonyl (C=O) groups is 2. The summed E-state index contributed by atoms with van der Waals surface area (Å²) in [6.45, 7) is 4.59. The summed E-state index contributed by atoms with van der Waals surface area (Å²) in [4.78, 5) is 22.9. The molecule has 0 bridgehead atoms. The Labute approximate surface area is 125 Å². The molecule has 0 aromatic carbocycles. The Kier molecular flexibility index (Phi) is 4.46. The number of nitrogens with one attached hydrogen (secondary N) is 2. The second kappa shape index (κ2) is 5.83. The number of hydrogen-bond donors (Lipinski definition) is 3. The van der Waals surface area contributed by atoms with Crippen molar-refractivity contribution in [3.8, 4) is 0 Å². The molecule has 21 heavy (non-hydrogen) atoms. The largest absolute Gasteiger partial charge is 0.481 e. The number of carbonyl (C=O) groups excluding carboxylic acids is 1. The van der Waals surface area contributed by atoms with E-state index in [1.807, 2.05) is 0 Å². The number of aliphatic carboxylic acids is 1. The molecule has 2 aliphatic carbocycles. The molecule has 120 valence electrons. The normalized spacial score (nSPS) is 28.9. The number of amides is 2. The van der Waals surface area contributed by atoms with Crippen LogP contribution < -0.4 is 10.6 Å². The highest BCUT2D eigenvalue weighted by Crippen LogP contribution is 2.44. The van der Waals surface area contributed by atoms with Gasteiger partial charge in [-0.25, -0.2) is 4.79 Å². The molecule has 0 spiro atoms. The predicted octanol–water partition coefficient (Wildman–Crippen LogP) is 1.74. The van der Waals surface area contributed by atoms with Gasteiger partial charge in [-0.2, -0.15) is 0 Å². The van der Waals surface area contributed by atoms with Crippen LogP contribution in [0.3, 0.4) is 0 Å². The summed E-state index contributed by atoms with van der Waals surface area (Å²) in [6.07, 6.45) is 3.92. The molecule has 6 heteroatoms. The van der Waals surface area contributed by atoms with Crippen LogP contribution in [0.15, 0.2) is 0 Å². The average Bonchev–Trinajstić information content (AvgIpc) is 2.36. The monoisotopic (exact) mass is 298 g/mol. The fraction of sp³-hybridized carbons (Fsp3) is 0.867. The number of hydrogen-bond acceptors (Lipinski definition) is 3. The summed E-state index contributed by atoms with van der Waals surface area (Å²) in [6, 6.07) is -0.112. The standard InChI is InChI=1S/C15H26N2O4/c1-14(2)10(7-11(14)21-3)17-13(20)16-9-15(5-4-6-15)8-12(18)19/h10-11H,4-9H2,1-3H3,(H,18,19)(H2,16,17,20). The zero-order valence-corrected chi connectivity index (χ0v) is 13.1. The lowest BCUT2D eigenvalue weighted by Gasteiger charge is -2.51. The quantitative estimate of drug-likeness (QED) is 0.697. The first-order valence-electron chi connectivity index (χ1n) is 7.58. The van der Waals surface area contributed by atoms with Crippen LogP contribution in [0, 0.1) is 10.8 Å². The number of carboxylic acid groups (broad SMARTS) is 1. The molecule has 2 unspecified atom stereocenters. The van der Waals surface area contributed by atoms with E-state index in [-0.39, 0.29) is 35.4 Å². The van der Waals surface area contributed by atoms with Crippen LogP contribution in [0.1, 0.15) is 46.0 Å². The number of rotatable bonds is 6. The smallest absolute Gasteiger partial charge is 0.315 e. The number of carboxylic acids is 1. The summed E-state index contributed by atoms with van der Waals surface area (Å²) in [5.41, 5.74) is -0.311. The van der Waals surface area contributed by atoms with Crippen molar-refractivity contribution in [2.24, 2.45) is 10.8 Å². The Balaban J connectivity index is 1.77. The van der Waals surface area contributed by atoms with Gasteiger partial charge in [-0.05, 0) is 24.7 Å². The van der Waals surface area contributed by atoms with E-state index in [9.17, 15) is 9.59 Å². The maximum absolute atomic E-state index is 12.0. The maximum atomic E-state index is 12.0. The van der Waals surface area contributed by atoms with Gasteiger partial charge in [-0.15, -0.1) is 0 Å². The summed E-state index contributed by atoms with van der Waals surface area (Å²) < 4.78 is 5.36. The van der Waals surface area contributed by atoms with Crippen LogP contribution in [-0.4, -0.2) is 42.9 Å². The third kappa shape index (κ3) is 3.31. The minimum absolute atomic E-state index is 0.0681. The Morgan fingerprint density at radius 2 is 2.00 bits per heavy atom. The third-order valence-electron chi connectivity index (χ3n) is 5.33. The van der Waals surface area contributed by atoms with Crippen molar-refractivity contribution >= 4 is 12.0 Å². The fourth-order valence-electron chi connectivity index (χ4n) is 3.42. The van der Waals surface area contributed by atoms with E-state index in [2.05, 4.69) is 24.5 Å². The van der Waals surface area contributed by atoms with Crippen LogP contribution in [0.4, 0.5) is 4.79 Å². The van der Waals surface area contributed by atoms with Gasteiger partial charge in [0.25, 0.3) is 0 Å². The molecule has 3 N–H and O–H groups in total. The molecule has 0 aromatic heterocycles. The molecule has 2 atom stereocenters. The van der Waals surface area contributed by atoms with Crippen LogP contribution >= 0.6 is 0 Å². The first kappa shape index (κ1) is 16.1. The molecule has 2 aliphatic rings. The molecule has 6 nitrogen and oxygen atoms in total. The molecular formula is C15H26N2O4. The molecule has 0 radical (unpaired) electrons. The maximum Gasteiger partial charge on any atom is 0.315 e. The van der Waals surface area contributed by atoms with E-state index in [0.717, 1.165) is 25.7 Å². The second-order valence-corrected chi connectivity index (χ2v) is 7.09. The molecule has 2 saturated carbocycles. The van der Waals surface area contributed by atoms with Gasteiger partial charge in [0, 0.05) is 25.1 Å². The zero-order chi connectivity index (χ0) is 15.7. The Morgan fingerprint density at radius 3 is 2.43 bits per heavy atom. The molecule has 0 heterocycles. The Hall–Kier alpha value is -1.30. The van der Waals surface area contributed by atoms with Gasteiger partial charge < -0.3 is 20.5 Å². The van der Waals surface area contributed by atoms with Crippen molar-refractivity contribution in [1.82, 2.24) is 10.6 Å². The summed E-state index contributed by atoms with van der Waals surface area (Å²) in [7, 11) is 1.69. The first-order chi connectivity index (χ1) is 9.79. The zero-order valence-electron chi connectivity index (χ0n) is 13.1. The molecule has 0 aliphatic heterocycles. The van der Waals surface area contributed by atoms with E-state index in [1.54, 1.807) is 7.11 Å². The molecule has 2 fully saturated rings. The van der Waals surface area contributed by atoms with Crippen molar-refractivity contribution in [2.45, 2.75) is 58.1 Å². The van der Waals surface area contributed by atoms with Crippen LogP contribution in [-0.2, 0) is 9.53 Å². The van der Waals surface area contributed by atoms with E-state index < -0.39 is 5.97 Å². The second-order valence-electron chi connectivity index (χ2n) is 7.09. The predicted molar refractivity (Wildman–Crippen MR) is 78.1 cm³/mol. The molecule has 0 aromatic rings. The number of methoxy groups -OCH3 is 1. The summed E-state index contributed by atoms with van der Waals surface area (Å²) in [5.74, 6) is -0.792. The van der Waals surface area contributed by atoms with Crippen LogP contribution in [0.5, 0.6) is 0 Å². The minimum atomic E-state index is -0.792. The lowest BCUT2D eigenvalue weighted by Crippen LogP contribution is -2.63. The fourth-order valence-corrected chi connectivity index (χ4v) is 3.42. The van der Waals surface area contributed by atoms with Crippen molar-refractivity contribution in [3.05, 3.63) is 0 Å². The van der Waals surface area contributed by atoms with Crippen molar-refractivity contribution in [3.63, 3.8) is 0 Å². The highest BCUT2D eigenvalue weighted by molar-refractivity contribution is 5.75. The first-order valence-corrected chi connectivity index (χ1v) is 7.58. The number of ether oxygens (including phenoxy) is 1. The topological polar surface area (TPSA) is 87.7 Å². The minimum Gasteiger partial charge on any atom is -0.481 e. The summed E-state index contributed by atoms with van der Waals surface area (Å²) in [5, 5.41) is 14.8. The van der Waals surface area contributed by atoms with Gasteiger partial charge in [0.1, 0.15) is 0 Å². The van der Waals surface area contributed by atoms with Gasteiger partial charge >= 0.3 is 12.0 Å². The number of urea groups is 1. The van der Waals surface area contributed by atoms with Gasteiger partial charge in [0.05, 0.1) is 12.5 Å². The van der Waals surface area contributed by atoms with Gasteiger partial charge in [0.15, 0.2) is 0 Å². The van der Waals surface area contributed by atoms with E-state index in [1.165, 1.54) is 0 Å². The molecule has 0 saturated heterocycles. The van der Waals surface area contributed by atoms with E-state index in [0.29, 0.717) is 6.54 Å². The van der Waals surface area contributed by atoms with Crippen molar-refractivity contribution in [2.75, 3.05) is 13.7 Å². The van der Waals surface area contributed by atoms with Crippen LogP contribution in [0.2, 0.25) is 0 Å². The van der Waals surface area contributed by atoms with Gasteiger partial charge in [-0.1, -0.05) is 20.3 Å². The summed E-state index contributed by atoms with van der Waals surface area (Å²) >= 11 is 0. The van der Waals surface area contributed by atoms with Crippen molar-refractivity contribution < 1.29 is 19.4 Å².